The first kappa shape index (κ1) is 21.9. The zero-order chi connectivity index (χ0) is 22.7. The lowest BCUT2D eigenvalue weighted by Crippen LogP contribution is -2.62. The first-order valence-corrected chi connectivity index (χ1v) is 10.8. The molecule has 0 fully saturated rings. The van der Waals surface area contributed by atoms with Crippen molar-refractivity contribution in [2.75, 3.05) is 7.11 Å². The number of halogens is 1. The molecular weight excluding hydrogens is 424 g/mol. The fourth-order valence-electron chi connectivity index (χ4n) is 4.06. The van der Waals surface area contributed by atoms with Crippen LogP contribution in [0.15, 0.2) is 72.8 Å². The van der Waals surface area contributed by atoms with Gasteiger partial charge in [-0.05, 0) is 53.9 Å². The maximum atomic E-state index is 13.5. The molecule has 0 saturated carbocycles. The van der Waals surface area contributed by atoms with Gasteiger partial charge in [-0.15, -0.1) is 0 Å². The third-order valence-corrected chi connectivity index (χ3v) is 6.23. The smallest absolute Gasteiger partial charge is 0.255 e. The van der Waals surface area contributed by atoms with Crippen molar-refractivity contribution in [3.63, 3.8) is 0 Å². The molecule has 0 saturated heterocycles. The van der Waals surface area contributed by atoms with Crippen LogP contribution >= 0.6 is 11.6 Å². The number of ether oxygens (including phenoxy) is 1. The topological polar surface area (TPSA) is 58.6 Å². The molecule has 32 heavy (non-hydrogen) atoms. The van der Waals surface area contributed by atoms with E-state index >= 15 is 0 Å². The van der Waals surface area contributed by atoms with Crippen LogP contribution in [-0.2, 0) is 24.3 Å². The average Bonchev–Trinajstić information content (AvgIpc) is 2.81. The van der Waals surface area contributed by atoms with E-state index in [2.05, 4.69) is 5.32 Å². The molecule has 0 unspecified atom stereocenters. The third-order valence-electron chi connectivity index (χ3n) is 5.98. The van der Waals surface area contributed by atoms with E-state index < -0.39 is 5.54 Å². The van der Waals surface area contributed by atoms with Gasteiger partial charge in [0.1, 0.15) is 11.3 Å². The van der Waals surface area contributed by atoms with Gasteiger partial charge >= 0.3 is 0 Å². The second kappa shape index (κ2) is 9.05. The lowest BCUT2D eigenvalue weighted by atomic mass is 9.82. The monoisotopic (exact) mass is 448 g/mol. The maximum absolute atomic E-state index is 13.5. The summed E-state index contributed by atoms with van der Waals surface area (Å²) < 4.78 is 5.23. The zero-order valence-corrected chi connectivity index (χ0v) is 18.9. The molecule has 2 amide bonds. The van der Waals surface area contributed by atoms with E-state index in [9.17, 15) is 9.59 Å². The highest BCUT2D eigenvalue weighted by molar-refractivity contribution is 6.30. The van der Waals surface area contributed by atoms with Gasteiger partial charge in [-0.2, -0.15) is 0 Å². The Morgan fingerprint density at radius 1 is 1.03 bits per heavy atom. The minimum Gasteiger partial charge on any atom is -0.497 e. The molecule has 1 heterocycles. The number of hydrogen-bond acceptors (Lipinski definition) is 3. The number of amides is 2. The number of carbonyl (C=O) groups excluding carboxylic acids is 2. The van der Waals surface area contributed by atoms with Crippen LogP contribution in [0, 0.1) is 0 Å². The van der Waals surface area contributed by atoms with Gasteiger partial charge in [0, 0.05) is 30.1 Å². The van der Waals surface area contributed by atoms with Gasteiger partial charge in [-0.1, -0.05) is 54.1 Å². The Bertz CT molecular complexity index is 1130. The summed E-state index contributed by atoms with van der Waals surface area (Å²) in [7, 11) is 1.61. The normalized spacial score (nSPS) is 17.6. The SMILES string of the molecule is COc1ccc(CN2C(=O)c3ccccc3C[C@]2(C)C(=O)NCc2ccc(Cl)cc2)cc1. The highest BCUT2D eigenvalue weighted by Crippen LogP contribution is 2.33. The number of nitrogens with zero attached hydrogens (tertiary/aromatic N) is 1. The van der Waals surface area contributed by atoms with Crippen molar-refractivity contribution >= 4 is 23.4 Å². The van der Waals surface area contributed by atoms with Crippen LogP contribution < -0.4 is 10.1 Å². The predicted octanol–water partition coefficient (Wildman–Crippen LogP) is 4.62. The molecule has 5 nitrogen and oxygen atoms in total. The second-order valence-electron chi connectivity index (χ2n) is 8.16. The second-order valence-corrected chi connectivity index (χ2v) is 8.59. The van der Waals surface area contributed by atoms with Crippen molar-refractivity contribution in [3.8, 4) is 5.75 Å². The van der Waals surface area contributed by atoms with Crippen molar-refractivity contribution in [3.05, 3.63) is 100 Å². The van der Waals surface area contributed by atoms with Gasteiger partial charge in [0.2, 0.25) is 5.91 Å². The molecule has 1 atom stereocenters. The van der Waals surface area contributed by atoms with Gasteiger partial charge < -0.3 is 15.0 Å². The van der Waals surface area contributed by atoms with Crippen molar-refractivity contribution in [1.29, 1.82) is 0 Å². The standard InChI is InChI=1S/C26H25ClN2O3/c1-26(25(31)28-16-18-7-11-21(27)12-8-18)15-20-5-3-4-6-23(20)24(30)29(26)17-19-9-13-22(32-2)14-10-19/h3-14H,15-17H2,1-2H3,(H,28,31)/t26-/m1/s1. The van der Waals surface area contributed by atoms with Gasteiger partial charge in [0.25, 0.3) is 5.91 Å². The van der Waals surface area contributed by atoms with Crippen LogP contribution in [0.2, 0.25) is 5.02 Å². The van der Waals surface area contributed by atoms with Crippen LogP contribution in [0.3, 0.4) is 0 Å². The minimum atomic E-state index is -1.03. The lowest BCUT2D eigenvalue weighted by Gasteiger charge is -2.44. The van der Waals surface area contributed by atoms with Gasteiger partial charge in [0.15, 0.2) is 0 Å². The van der Waals surface area contributed by atoms with E-state index in [0.717, 1.165) is 22.4 Å². The number of carbonyl (C=O) groups is 2. The van der Waals surface area contributed by atoms with E-state index in [4.69, 9.17) is 16.3 Å². The molecule has 4 rings (SSSR count). The summed E-state index contributed by atoms with van der Waals surface area (Å²) in [6, 6.07) is 22.4. The number of fused-ring (bicyclic) bond motifs is 1. The summed E-state index contributed by atoms with van der Waals surface area (Å²) in [5.74, 6) is 0.406. The summed E-state index contributed by atoms with van der Waals surface area (Å²) >= 11 is 5.96. The van der Waals surface area contributed by atoms with Crippen molar-refractivity contribution in [2.24, 2.45) is 0 Å². The highest BCUT2D eigenvalue weighted by atomic mass is 35.5. The number of rotatable bonds is 6. The molecule has 1 aliphatic rings. The first-order valence-electron chi connectivity index (χ1n) is 10.5. The van der Waals surface area contributed by atoms with E-state index in [0.29, 0.717) is 30.1 Å². The Kier molecular flexibility index (Phi) is 6.19. The molecule has 3 aromatic rings. The predicted molar refractivity (Wildman–Crippen MR) is 125 cm³/mol. The third kappa shape index (κ3) is 4.34. The molecule has 164 valence electrons. The van der Waals surface area contributed by atoms with E-state index in [1.54, 1.807) is 24.1 Å². The molecule has 0 bridgehead atoms. The van der Waals surface area contributed by atoms with Crippen LogP contribution in [0.1, 0.15) is 34.0 Å². The molecule has 0 spiro atoms. The molecule has 6 heteroatoms. The number of hydrogen-bond donors (Lipinski definition) is 1. The number of methoxy groups -OCH3 is 1. The van der Waals surface area contributed by atoms with E-state index in [1.165, 1.54) is 0 Å². The van der Waals surface area contributed by atoms with Gasteiger partial charge in [-0.25, -0.2) is 0 Å². The number of benzene rings is 3. The van der Waals surface area contributed by atoms with Crippen molar-refractivity contribution in [1.82, 2.24) is 10.2 Å². The molecule has 0 radical (unpaired) electrons. The fraction of sp³-hybridized carbons (Fsp3) is 0.231. The Hall–Kier alpha value is -3.31. The fourth-order valence-corrected chi connectivity index (χ4v) is 4.18. The van der Waals surface area contributed by atoms with Gasteiger partial charge in [0.05, 0.1) is 7.11 Å². The molecule has 3 aromatic carbocycles. The summed E-state index contributed by atoms with van der Waals surface area (Å²) in [6.45, 7) is 2.52. The summed E-state index contributed by atoms with van der Waals surface area (Å²) in [6.07, 6.45) is 0.442. The first-order chi connectivity index (χ1) is 15.4. The van der Waals surface area contributed by atoms with Crippen LogP contribution in [0.25, 0.3) is 0 Å². The Labute approximate surface area is 193 Å². The Morgan fingerprint density at radius 3 is 2.38 bits per heavy atom. The lowest BCUT2D eigenvalue weighted by molar-refractivity contribution is -0.132. The number of nitrogens with one attached hydrogen (secondary N) is 1. The quantitative estimate of drug-likeness (QED) is 0.598. The Balaban J connectivity index is 1.62. The average molecular weight is 449 g/mol. The van der Waals surface area contributed by atoms with Crippen LogP contribution in [0.5, 0.6) is 5.75 Å². The summed E-state index contributed by atoms with van der Waals surface area (Å²) in [5, 5.41) is 3.66. The van der Waals surface area contributed by atoms with Crippen LogP contribution in [-0.4, -0.2) is 29.4 Å². The zero-order valence-electron chi connectivity index (χ0n) is 18.1. The van der Waals surface area contributed by atoms with Crippen molar-refractivity contribution in [2.45, 2.75) is 32.0 Å². The Morgan fingerprint density at radius 2 is 1.69 bits per heavy atom. The highest BCUT2D eigenvalue weighted by Gasteiger charge is 2.46. The minimum absolute atomic E-state index is 0.146. The van der Waals surface area contributed by atoms with Crippen LogP contribution in [0.4, 0.5) is 0 Å². The van der Waals surface area contributed by atoms with Crippen molar-refractivity contribution < 1.29 is 14.3 Å². The molecule has 1 aliphatic heterocycles. The molecule has 0 aliphatic carbocycles. The largest absolute Gasteiger partial charge is 0.497 e. The van der Waals surface area contributed by atoms with E-state index in [-0.39, 0.29) is 11.8 Å². The summed E-state index contributed by atoms with van der Waals surface area (Å²) in [5.41, 5.74) is 2.36. The van der Waals surface area contributed by atoms with Gasteiger partial charge in [-0.3, -0.25) is 9.59 Å². The molecule has 1 N–H and O–H groups in total. The maximum Gasteiger partial charge on any atom is 0.255 e. The van der Waals surface area contributed by atoms with E-state index in [1.807, 2.05) is 67.6 Å². The molecular formula is C26H25ClN2O3. The summed E-state index contributed by atoms with van der Waals surface area (Å²) in [4.78, 5) is 28.6. The molecule has 0 aromatic heterocycles.